The summed E-state index contributed by atoms with van der Waals surface area (Å²) in [5, 5.41) is 9.44. The van der Waals surface area contributed by atoms with Gasteiger partial charge in [-0.25, -0.2) is 4.79 Å². The molecular weight excluding hydrogens is 340 g/mol. The van der Waals surface area contributed by atoms with Crippen molar-refractivity contribution in [3.05, 3.63) is 22.4 Å². The Morgan fingerprint density at radius 1 is 1.08 bits per heavy atom. The molecule has 3 heterocycles. The van der Waals surface area contributed by atoms with Crippen LogP contribution in [0.1, 0.15) is 36.0 Å². The summed E-state index contributed by atoms with van der Waals surface area (Å²) in [6.45, 7) is 2.82. The van der Waals surface area contributed by atoms with Crippen LogP contribution in [-0.4, -0.2) is 66.4 Å². The molecule has 8 heteroatoms. The van der Waals surface area contributed by atoms with E-state index in [1.165, 1.54) is 11.3 Å². The smallest absolute Gasteiger partial charge is 0.317 e. The van der Waals surface area contributed by atoms with Crippen molar-refractivity contribution in [2.45, 2.75) is 31.7 Å². The van der Waals surface area contributed by atoms with E-state index in [1.807, 2.05) is 10.8 Å². The van der Waals surface area contributed by atoms with Gasteiger partial charge in [0.1, 0.15) is 0 Å². The molecule has 2 saturated heterocycles. The highest BCUT2D eigenvalue weighted by atomic mass is 32.1. The number of carbonyl (C=O) groups excluding carboxylic acids is 3. The molecule has 25 heavy (non-hydrogen) atoms. The van der Waals surface area contributed by atoms with Crippen LogP contribution >= 0.6 is 11.3 Å². The standard InChI is InChI=1S/C17H24N4O3S/c22-15(20-6-1-2-7-20)11-18-17(24)21-8-3-14(4-9-21)19-16(23)13-5-10-25-12-13/h5,10,12,14H,1-4,6-9,11H2,(H,18,24)(H,19,23). The number of amides is 4. The quantitative estimate of drug-likeness (QED) is 0.844. The third-order valence-electron chi connectivity index (χ3n) is 4.75. The second-order valence-corrected chi connectivity index (χ2v) is 7.27. The van der Waals surface area contributed by atoms with Crippen LogP contribution in [0.2, 0.25) is 0 Å². The van der Waals surface area contributed by atoms with Crippen molar-refractivity contribution >= 4 is 29.2 Å². The molecule has 1 aromatic rings. The Morgan fingerprint density at radius 2 is 1.80 bits per heavy atom. The summed E-state index contributed by atoms with van der Waals surface area (Å²) >= 11 is 1.50. The van der Waals surface area contributed by atoms with Crippen molar-refractivity contribution in [2.24, 2.45) is 0 Å². The summed E-state index contributed by atoms with van der Waals surface area (Å²) in [4.78, 5) is 39.7. The van der Waals surface area contributed by atoms with Crippen molar-refractivity contribution < 1.29 is 14.4 Å². The molecule has 3 rings (SSSR count). The molecule has 2 fully saturated rings. The van der Waals surface area contributed by atoms with Gasteiger partial charge in [-0.15, -0.1) is 0 Å². The van der Waals surface area contributed by atoms with Gasteiger partial charge in [0.25, 0.3) is 5.91 Å². The maximum absolute atomic E-state index is 12.2. The zero-order chi connectivity index (χ0) is 17.6. The highest BCUT2D eigenvalue weighted by Crippen LogP contribution is 2.13. The lowest BCUT2D eigenvalue weighted by atomic mass is 10.0. The first kappa shape index (κ1) is 17.7. The van der Waals surface area contributed by atoms with E-state index in [0.29, 0.717) is 18.7 Å². The molecule has 0 spiro atoms. The summed E-state index contributed by atoms with van der Waals surface area (Å²) in [5.41, 5.74) is 0.686. The molecule has 0 aliphatic carbocycles. The van der Waals surface area contributed by atoms with E-state index in [-0.39, 0.29) is 30.4 Å². The zero-order valence-corrected chi connectivity index (χ0v) is 15.0. The Hall–Kier alpha value is -2.09. The highest BCUT2D eigenvalue weighted by molar-refractivity contribution is 7.08. The second kappa shape index (κ2) is 8.33. The highest BCUT2D eigenvalue weighted by Gasteiger charge is 2.25. The first-order valence-corrected chi connectivity index (χ1v) is 9.71. The van der Waals surface area contributed by atoms with E-state index < -0.39 is 0 Å². The fraction of sp³-hybridized carbons (Fsp3) is 0.588. The van der Waals surface area contributed by atoms with Gasteiger partial charge in [0.2, 0.25) is 5.91 Å². The Labute approximate surface area is 151 Å². The average molecular weight is 364 g/mol. The van der Waals surface area contributed by atoms with Gasteiger partial charge in [0.05, 0.1) is 6.54 Å². The van der Waals surface area contributed by atoms with E-state index >= 15 is 0 Å². The molecule has 7 nitrogen and oxygen atoms in total. The van der Waals surface area contributed by atoms with Gasteiger partial charge in [0, 0.05) is 43.2 Å². The fourth-order valence-corrected chi connectivity index (χ4v) is 3.87. The zero-order valence-electron chi connectivity index (χ0n) is 14.2. The number of piperidine rings is 1. The largest absolute Gasteiger partial charge is 0.349 e. The van der Waals surface area contributed by atoms with Crippen LogP contribution in [0.3, 0.4) is 0 Å². The van der Waals surface area contributed by atoms with Gasteiger partial charge < -0.3 is 20.4 Å². The van der Waals surface area contributed by atoms with Crippen LogP contribution in [0, 0.1) is 0 Å². The number of thiophene rings is 1. The number of nitrogens with one attached hydrogen (secondary N) is 2. The summed E-state index contributed by atoms with van der Waals surface area (Å²) in [5.74, 6) is -0.0656. The molecule has 0 aromatic carbocycles. The van der Waals surface area contributed by atoms with Crippen molar-refractivity contribution in [1.82, 2.24) is 20.4 Å². The van der Waals surface area contributed by atoms with E-state index in [0.717, 1.165) is 38.8 Å². The van der Waals surface area contributed by atoms with Gasteiger partial charge >= 0.3 is 6.03 Å². The maximum Gasteiger partial charge on any atom is 0.317 e. The number of likely N-dealkylation sites (tertiary alicyclic amines) is 2. The van der Waals surface area contributed by atoms with Gasteiger partial charge in [-0.05, 0) is 37.1 Å². The summed E-state index contributed by atoms with van der Waals surface area (Å²) < 4.78 is 0. The van der Waals surface area contributed by atoms with Gasteiger partial charge in [0.15, 0.2) is 0 Å². The molecule has 1 aromatic heterocycles. The lowest BCUT2D eigenvalue weighted by Crippen LogP contribution is -2.51. The van der Waals surface area contributed by atoms with Crippen LogP contribution in [0.15, 0.2) is 16.8 Å². The van der Waals surface area contributed by atoms with Crippen LogP contribution in [0.5, 0.6) is 0 Å². The molecule has 136 valence electrons. The van der Waals surface area contributed by atoms with E-state index in [1.54, 1.807) is 15.9 Å². The van der Waals surface area contributed by atoms with Gasteiger partial charge in [-0.2, -0.15) is 11.3 Å². The van der Waals surface area contributed by atoms with Crippen LogP contribution in [0.25, 0.3) is 0 Å². The Kier molecular flexibility index (Phi) is 5.91. The molecule has 4 amide bonds. The number of nitrogens with zero attached hydrogens (tertiary/aromatic N) is 2. The lowest BCUT2D eigenvalue weighted by Gasteiger charge is -2.32. The monoisotopic (exact) mass is 364 g/mol. The Balaban J connectivity index is 1.37. The molecule has 0 bridgehead atoms. The predicted molar refractivity (Wildman–Crippen MR) is 95.6 cm³/mol. The number of hydrogen-bond donors (Lipinski definition) is 2. The first-order valence-electron chi connectivity index (χ1n) is 8.77. The van der Waals surface area contributed by atoms with Gasteiger partial charge in [-0.3, -0.25) is 9.59 Å². The van der Waals surface area contributed by atoms with Crippen LogP contribution < -0.4 is 10.6 Å². The SMILES string of the molecule is O=C(NC1CCN(C(=O)NCC(=O)N2CCCC2)CC1)c1ccsc1. The normalized spacial score (nSPS) is 18.2. The molecule has 2 aliphatic heterocycles. The number of rotatable bonds is 4. The predicted octanol–water partition coefficient (Wildman–Crippen LogP) is 1.27. The van der Waals surface area contributed by atoms with Gasteiger partial charge in [-0.1, -0.05) is 0 Å². The van der Waals surface area contributed by atoms with E-state index in [4.69, 9.17) is 0 Å². The average Bonchev–Trinajstić information content (AvgIpc) is 3.33. The Bertz CT molecular complexity index is 605. The summed E-state index contributed by atoms with van der Waals surface area (Å²) in [6, 6.07) is 1.69. The minimum absolute atomic E-state index is 0.0104. The summed E-state index contributed by atoms with van der Waals surface area (Å²) in [6.07, 6.45) is 3.54. The molecular formula is C17H24N4O3S. The number of urea groups is 1. The molecule has 0 radical (unpaired) electrons. The minimum atomic E-state index is -0.199. The lowest BCUT2D eigenvalue weighted by molar-refractivity contribution is -0.129. The first-order chi connectivity index (χ1) is 12.1. The number of hydrogen-bond acceptors (Lipinski definition) is 4. The van der Waals surface area contributed by atoms with E-state index in [9.17, 15) is 14.4 Å². The molecule has 0 unspecified atom stereocenters. The molecule has 0 atom stereocenters. The summed E-state index contributed by atoms with van der Waals surface area (Å²) in [7, 11) is 0. The topological polar surface area (TPSA) is 81.8 Å². The van der Waals surface area contributed by atoms with Crippen molar-refractivity contribution in [3.8, 4) is 0 Å². The van der Waals surface area contributed by atoms with Crippen molar-refractivity contribution in [3.63, 3.8) is 0 Å². The molecule has 0 saturated carbocycles. The third kappa shape index (κ3) is 4.72. The van der Waals surface area contributed by atoms with Crippen LogP contribution in [0.4, 0.5) is 4.79 Å². The second-order valence-electron chi connectivity index (χ2n) is 6.49. The Morgan fingerprint density at radius 3 is 2.44 bits per heavy atom. The van der Waals surface area contributed by atoms with Crippen LogP contribution in [-0.2, 0) is 4.79 Å². The minimum Gasteiger partial charge on any atom is -0.349 e. The molecule has 2 N–H and O–H groups in total. The van der Waals surface area contributed by atoms with Crippen molar-refractivity contribution in [1.29, 1.82) is 0 Å². The fourth-order valence-electron chi connectivity index (χ4n) is 3.23. The van der Waals surface area contributed by atoms with Crippen molar-refractivity contribution in [2.75, 3.05) is 32.7 Å². The maximum atomic E-state index is 12.2. The third-order valence-corrected chi connectivity index (χ3v) is 5.43. The number of carbonyl (C=O) groups is 3. The van der Waals surface area contributed by atoms with E-state index in [2.05, 4.69) is 10.6 Å². The molecule has 2 aliphatic rings.